The molecule has 2 bridgehead atoms. The van der Waals surface area contributed by atoms with E-state index in [1.54, 1.807) is 6.92 Å². The number of nitrogens with one attached hydrogen (secondary N) is 1. The number of esters is 1. The highest BCUT2D eigenvalue weighted by molar-refractivity contribution is 9.09. The standard InChI is InChI=1S/C19H29BrN2O6/c1-5-27-17(26)11-12-16(25)22(7-6-8-23)14(15(24)21-18(2,3)4)19(12)9-10(20)13(11)28-19/h10-14,23H,5-9H2,1-4H3,(H,21,24)/t10?,11-,12+,13-,14?,19?/m1/s1. The summed E-state index contributed by atoms with van der Waals surface area (Å²) in [5, 5.41) is 12.2. The Morgan fingerprint density at radius 2 is 2.11 bits per heavy atom. The molecule has 3 aliphatic heterocycles. The number of amides is 2. The fourth-order valence-corrected chi connectivity index (χ4v) is 5.80. The number of hydrogen-bond donors (Lipinski definition) is 2. The Kier molecular flexibility index (Phi) is 5.82. The van der Waals surface area contributed by atoms with E-state index in [1.807, 2.05) is 20.8 Å². The van der Waals surface area contributed by atoms with E-state index in [0.717, 1.165) is 0 Å². The highest BCUT2D eigenvalue weighted by Gasteiger charge is 2.76. The van der Waals surface area contributed by atoms with Crippen molar-refractivity contribution in [2.75, 3.05) is 19.8 Å². The second kappa shape index (κ2) is 7.57. The lowest BCUT2D eigenvalue weighted by molar-refractivity contribution is -0.154. The van der Waals surface area contributed by atoms with Crippen LogP contribution < -0.4 is 5.32 Å². The lowest BCUT2D eigenvalue weighted by Crippen LogP contribution is -2.58. The number of carbonyl (C=O) groups excluding carboxylic acids is 3. The molecule has 8 nitrogen and oxygen atoms in total. The summed E-state index contributed by atoms with van der Waals surface area (Å²) in [6.45, 7) is 7.68. The minimum Gasteiger partial charge on any atom is -0.466 e. The molecule has 0 aromatic rings. The van der Waals surface area contributed by atoms with Crippen molar-refractivity contribution in [3.63, 3.8) is 0 Å². The summed E-state index contributed by atoms with van der Waals surface area (Å²) in [6, 6.07) is -0.847. The molecule has 3 fully saturated rings. The zero-order valence-electron chi connectivity index (χ0n) is 16.7. The Labute approximate surface area is 173 Å². The first-order chi connectivity index (χ1) is 13.1. The van der Waals surface area contributed by atoms with Crippen molar-refractivity contribution < 1.29 is 29.0 Å². The SMILES string of the molecule is CCOC(=O)[C@H]1[C@@H]2OC3(CC2Br)C(C(=O)NC(C)(C)C)N(CCCO)C(=O)[C@H]13. The topological polar surface area (TPSA) is 105 Å². The van der Waals surface area contributed by atoms with Gasteiger partial charge in [-0.2, -0.15) is 0 Å². The summed E-state index contributed by atoms with van der Waals surface area (Å²) in [5.74, 6) is -2.53. The maximum absolute atomic E-state index is 13.3. The van der Waals surface area contributed by atoms with Crippen LogP contribution in [-0.2, 0) is 23.9 Å². The number of aliphatic hydroxyl groups excluding tert-OH is 1. The number of rotatable bonds is 6. The Morgan fingerprint density at radius 1 is 1.43 bits per heavy atom. The van der Waals surface area contributed by atoms with Crippen LogP contribution in [0.25, 0.3) is 0 Å². The first kappa shape index (κ1) is 21.5. The second-order valence-electron chi connectivity index (χ2n) is 8.76. The van der Waals surface area contributed by atoms with E-state index in [9.17, 15) is 19.5 Å². The van der Waals surface area contributed by atoms with Crippen molar-refractivity contribution in [1.29, 1.82) is 0 Å². The van der Waals surface area contributed by atoms with Gasteiger partial charge in [0.15, 0.2) is 0 Å². The van der Waals surface area contributed by atoms with Crippen LogP contribution in [-0.4, -0.2) is 75.7 Å². The number of hydrogen-bond acceptors (Lipinski definition) is 6. The van der Waals surface area contributed by atoms with Crippen molar-refractivity contribution in [3.05, 3.63) is 0 Å². The van der Waals surface area contributed by atoms with Gasteiger partial charge in [0.05, 0.1) is 24.5 Å². The third-order valence-electron chi connectivity index (χ3n) is 5.65. The predicted octanol–water partition coefficient (Wildman–Crippen LogP) is 0.595. The van der Waals surface area contributed by atoms with Gasteiger partial charge in [-0.1, -0.05) is 15.9 Å². The molecule has 2 amide bonds. The summed E-state index contributed by atoms with van der Waals surface area (Å²) in [4.78, 5) is 40.6. The second-order valence-corrected chi connectivity index (χ2v) is 9.94. The molecule has 1 spiro atoms. The molecule has 3 aliphatic rings. The Morgan fingerprint density at radius 3 is 2.68 bits per heavy atom. The molecular formula is C19H29BrN2O6. The summed E-state index contributed by atoms with van der Waals surface area (Å²) in [5.41, 5.74) is -1.55. The predicted molar refractivity (Wildman–Crippen MR) is 104 cm³/mol. The number of alkyl halides is 1. The van der Waals surface area contributed by atoms with Crippen molar-refractivity contribution in [2.45, 2.75) is 68.6 Å². The molecule has 2 N–H and O–H groups in total. The molecule has 3 heterocycles. The molecule has 0 saturated carbocycles. The van der Waals surface area contributed by atoms with Crippen molar-refractivity contribution >= 4 is 33.7 Å². The molecule has 0 aromatic heterocycles. The van der Waals surface area contributed by atoms with Gasteiger partial charge < -0.3 is 24.8 Å². The van der Waals surface area contributed by atoms with Crippen LogP contribution >= 0.6 is 15.9 Å². The quantitative estimate of drug-likeness (QED) is 0.444. The van der Waals surface area contributed by atoms with Gasteiger partial charge in [-0.15, -0.1) is 0 Å². The van der Waals surface area contributed by atoms with Gasteiger partial charge >= 0.3 is 5.97 Å². The summed E-state index contributed by atoms with van der Waals surface area (Å²) in [6.07, 6.45) is 0.305. The summed E-state index contributed by atoms with van der Waals surface area (Å²) in [7, 11) is 0. The lowest BCUT2D eigenvalue weighted by Gasteiger charge is -2.35. The van der Waals surface area contributed by atoms with E-state index in [4.69, 9.17) is 9.47 Å². The van der Waals surface area contributed by atoms with E-state index in [-0.39, 0.29) is 36.4 Å². The van der Waals surface area contributed by atoms with Crippen LogP contribution in [0.1, 0.15) is 40.5 Å². The van der Waals surface area contributed by atoms with E-state index in [0.29, 0.717) is 12.8 Å². The van der Waals surface area contributed by atoms with Gasteiger partial charge in [0.2, 0.25) is 11.8 Å². The fraction of sp³-hybridized carbons (Fsp3) is 0.842. The highest BCUT2D eigenvalue weighted by Crippen LogP contribution is 2.60. The lowest BCUT2D eigenvalue weighted by atomic mass is 9.70. The Balaban J connectivity index is 2.01. The minimum absolute atomic E-state index is 0.0963. The third-order valence-corrected chi connectivity index (χ3v) is 6.50. The smallest absolute Gasteiger partial charge is 0.312 e. The molecule has 0 aromatic carbocycles. The highest BCUT2D eigenvalue weighted by atomic mass is 79.9. The average molecular weight is 461 g/mol. The number of aliphatic hydroxyl groups is 1. The normalized spacial score (nSPS) is 36.6. The monoisotopic (exact) mass is 460 g/mol. The Hall–Kier alpha value is -1.19. The fourth-order valence-electron chi connectivity index (χ4n) is 4.86. The first-order valence-electron chi connectivity index (χ1n) is 9.79. The van der Waals surface area contributed by atoms with Gasteiger partial charge in [0, 0.05) is 23.5 Å². The zero-order chi connectivity index (χ0) is 20.9. The molecule has 0 aliphatic carbocycles. The molecule has 3 rings (SSSR count). The summed E-state index contributed by atoms with van der Waals surface area (Å²) < 4.78 is 11.5. The molecule has 6 atom stereocenters. The van der Waals surface area contributed by atoms with Gasteiger partial charge in [0.25, 0.3) is 0 Å². The molecular weight excluding hydrogens is 432 g/mol. The molecule has 3 unspecified atom stereocenters. The minimum atomic E-state index is -1.07. The number of fused-ring (bicyclic) bond motifs is 1. The zero-order valence-corrected chi connectivity index (χ0v) is 18.3. The van der Waals surface area contributed by atoms with Crippen LogP contribution in [0.15, 0.2) is 0 Å². The van der Waals surface area contributed by atoms with Gasteiger partial charge in [-0.05, 0) is 40.5 Å². The van der Waals surface area contributed by atoms with Crippen LogP contribution in [0, 0.1) is 11.8 Å². The van der Waals surface area contributed by atoms with E-state index < -0.39 is 41.1 Å². The largest absolute Gasteiger partial charge is 0.466 e. The van der Waals surface area contributed by atoms with Crippen LogP contribution in [0.5, 0.6) is 0 Å². The number of likely N-dealkylation sites (tertiary alicyclic amines) is 1. The van der Waals surface area contributed by atoms with Gasteiger partial charge in [-0.3, -0.25) is 14.4 Å². The Bertz CT molecular complexity index is 665. The third kappa shape index (κ3) is 3.35. The number of halogens is 1. The van der Waals surface area contributed by atoms with Crippen molar-refractivity contribution in [3.8, 4) is 0 Å². The molecule has 3 saturated heterocycles. The van der Waals surface area contributed by atoms with Crippen LogP contribution in [0.3, 0.4) is 0 Å². The maximum atomic E-state index is 13.3. The van der Waals surface area contributed by atoms with Crippen LogP contribution in [0.2, 0.25) is 0 Å². The molecule has 0 radical (unpaired) electrons. The van der Waals surface area contributed by atoms with Gasteiger partial charge in [-0.25, -0.2) is 0 Å². The van der Waals surface area contributed by atoms with Gasteiger partial charge in [0.1, 0.15) is 11.6 Å². The van der Waals surface area contributed by atoms with E-state index >= 15 is 0 Å². The van der Waals surface area contributed by atoms with Crippen molar-refractivity contribution in [1.82, 2.24) is 10.2 Å². The number of nitrogens with zero attached hydrogens (tertiary/aromatic N) is 1. The number of carbonyl (C=O) groups is 3. The summed E-state index contributed by atoms with van der Waals surface area (Å²) >= 11 is 3.58. The van der Waals surface area contributed by atoms with Crippen LogP contribution in [0.4, 0.5) is 0 Å². The molecule has 158 valence electrons. The average Bonchev–Trinajstić information content (AvgIpc) is 3.15. The number of ether oxygens (including phenoxy) is 2. The van der Waals surface area contributed by atoms with E-state index in [2.05, 4.69) is 21.2 Å². The molecule has 28 heavy (non-hydrogen) atoms. The van der Waals surface area contributed by atoms with Crippen molar-refractivity contribution in [2.24, 2.45) is 11.8 Å². The first-order valence-corrected chi connectivity index (χ1v) is 10.7. The van der Waals surface area contributed by atoms with E-state index in [1.165, 1.54) is 4.90 Å². The maximum Gasteiger partial charge on any atom is 0.312 e. The molecule has 9 heteroatoms.